The Kier molecular flexibility index (Phi) is 5.96. The number of hydrogen-bond donors (Lipinski definition) is 0. The Labute approximate surface area is 144 Å². The lowest BCUT2D eigenvalue weighted by Gasteiger charge is -2.13. The van der Waals surface area contributed by atoms with Crippen molar-refractivity contribution >= 4 is 31.7 Å². The molecule has 1 unspecified atom stereocenters. The maximum atomic E-state index is 12.4. The summed E-state index contributed by atoms with van der Waals surface area (Å²) in [5, 5.41) is -0.632. The number of esters is 1. The van der Waals surface area contributed by atoms with E-state index in [0.29, 0.717) is 5.56 Å². The summed E-state index contributed by atoms with van der Waals surface area (Å²) in [5.41, 5.74) is 0.455. The van der Waals surface area contributed by atoms with Gasteiger partial charge in [0.1, 0.15) is 0 Å². The molecule has 0 bridgehead atoms. The predicted molar refractivity (Wildman–Crippen MR) is 92.1 cm³/mol. The number of benzene rings is 2. The van der Waals surface area contributed by atoms with E-state index >= 15 is 0 Å². The van der Waals surface area contributed by atoms with Gasteiger partial charge < -0.3 is 4.74 Å². The zero-order valence-electron chi connectivity index (χ0n) is 12.6. The number of ether oxygens (including phenoxy) is 1. The van der Waals surface area contributed by atoms with Gasteiger partial charge in [0, 0.05) is 4.47 Å². The van der Waals surface area contributed by atoms with E-state index in [1.807, 2.05) is 6.07 Å². The first-order valence-corrected chi connectivity index (χ1v) is 9.47. The summed E-state index contributed by atoms with van der Waals surface area (Å²) in [7, 11) is -3.43. The van der Waals surface area contributed by atoms with Crippen molar-refractivity contribution < 1.29 is 17.9 Å². The van der Waals surface area contributed by atoms with Crippen LogP contribution in [0.5, 0.6) is 0 Å². The second-order valence-electron chi connectivity index (χ2n) is 5.10. The van der Waals surface area contributed by atoms with Crippen molar-refractivity contribution in [3.05, 3.63) is 64.6 Å². The van der Waals surface area contributed by atoms with Crippen LogP contribution in [0.2, 0.25) is 0 Å². The van der Waals surface area contributed by atoms with Crippen LogP contribution in [0.4, 0.5) is 0 Å². The zero-order valence-corrected chi connectivity index (χ0v) is 15.0. The molecule has 0 amide bonds. The maximum Gasteiger partial charge on any atom is 0.338 e. The second-order valence-corrected chi connectivity index (χ2v) is 8.38. The molecule has 1 atom stereocenters. The molecule has 2 aromatic rings. The number of sulfone groups is 1. The molecule has 0 aliphatic rings. The summed E-state index contributed by atoms with van der Waals surface area (Å²) in [5.74, 6) is -0.446. The molecule has 122 valence electrons. The fourth-order valence-corrected chi connectivity index (χ4v) is 3.64. The summed E-state index contributed by atoms with van der Waals surface area (Å²) in [6, 6.07) is 15.1. The van der Waals surface area contributed by atoms with Crippen molar-refractivity contribution in [1.29, 1.82) is 0 Å². The third kappa shape index (κ3) is 4.65. The molecular formula is C17H17BrO4S. The van der Waals surface area contributed by atoms with Gasteiger partial charge in [-0.15, -0.1) is 0 Å². The van der Waals surface area contributed by atoms with Gasteiger partial charge in [-0.2, -0.15) is 0 Å². The summed E-state index contributed by atoms with van der Waals surface area (Å²) < 4.78 is 30.8. The molecule has 0 aliphatic heterocycles. The van der Waals surface area contributed by atoms with Gasteiger partial charge >= 0.3 is 5.97 Å². The van der Waals surface area contributed by atoms with Crippen molar-refractivity contribution in [1.82, 2.24) is 0 Å². The highest BCUT2D eigenvalue weighted by atomic mass is 79.9. The molecule has 0 heterocycles. The lowest BCUT2D eigenvalue weighted by molar-refractivity contribution is 0.0500. The molecule has 0 spiro atoms. The lowest BCUT2D eigenvalue weighted by Crippen LogP contribution is -2.21. The fraction of sp³-hybridized carbons (Fsp3) is 0.235. The van der Waals surface area contributed by atoms with Gasteiger partial charge in [0.05, 0.1) is 22.3 Å². The molecule has 2 aromatic carbocycles. The molecule has 0 fully saturated rings. The summed E-state index contributed by atoms with van der Waals surface area (Å²) in [6.07, 6.45) is 0.247. The topological polar surface area (TPSA) is 60.4 Å². The number of halogens is 1. The van der Waals surface area contributed by atoms with Crippen LogP contribution in [0.15, 0.2) is 64.0 Å². The number of rotatable bonds is 6. The molecule has 23 heavy (non-hydrogen) atoms. The van der Waals surface area contributed by atoms with E-state index in [2.05, 4.69) is 15.9 Å². The number of carbonyl (C=O) groups is 1. The Hall–Kier alpha value is -1.66. The van der Waals surface area contributed by atoms with E-state index in [-0.39, 0.29) is 17.9 Å². The molecule has 0 aromatic heterocycles. The van der Waals surface area contributed by atoms with Crippen LogP contribution >= 0.6 is 15.9 Å². The highest BCUT2D eigenvalue weighted by Crippen LogP contribution is 2.20. The lowest BCUT2D eigenvalue weighted by atomic mass is 10.2. The van der Waals surface area contributed by atoms with Gasteiger partial charge in [0.2, 0.25) is 0 Å². The first kappa shape index (κ1) is 17.7. The second kappa shape index (κ2) is 7.75. The van der Waals surface area contributed by atoms with E-state index in [4.69, 9.17) is 4.74 Å². The van der Waals surface area contributed by atoms with Gasteiger partial charge in [-0.05, 0) is 49.7 Å². The minimum Gasteiger partial charge on any atom is -0.462 e. The zero-order chi connectivity index (χ0) is 16.9. The first-order valence-electron chi connectivity index (χ1n) is 7.13. The molecule has 2 rings (SSSR count). The molecule has 0 N–H and O–H groups in total. The normalized spacial score (nSPS) is 12.6. The van der Waals surface area contributed by atoms with Crippen LogP contribution < -0.4 is 0 Å². The molecule has 0 saturated carbocycles. The Bertz CT molecular complexity index is 755. The number of carbonyl (C=O) groups excluding carboxylic acids is 1. The van der Waals surface area contributed by atoms with E-state index < -0.39 is 21.1 Å². The van der Waals surface area contributed by atoms with E-state index in [0.717, 1.165) is 4.47 Å². The quantitative estimate of drug-likeness (QED) is 0.695. The average Bonchev–Trinajstić information content (AvgIpc) is 2.55. The molecule has 0 radical (unpaired) electrons. The van der Waals surface area contributed by atoms with Crippen molar-refractivity contribution in [3.8, 4) is 0 Å². The van der Waals surface area contributed by atoms with E-state index in [1.54, 1.807) is 55.5 Å². The summed E-state index contributed by atoms with van der Waals surface area (Å²) in [6.45, 7) is 1.68. The monoisotopic (exact) mass is 396 g/mol. The van der Waals surface area contributed by atoms with Crippen LogP contribution in [0, 0.1) is 0 Å². The largest absolute Gasteiger partial charge is 0.462 e. The molecule has 0 aliphatic carbocycles. The minimum atomic E-state index is -3.43. The van der Waals surface area contributed by atoms with Crippen LogP contribution in [-0.4, -0.2) is 26.2 Å². The van der Waals surface area contributed by atoms with Crippen LogP contribution in [0.25, 0.3) is 0 Å². The van der Waals surface area contributed by atoms with Gasteiger partial charge in [-0.25, -0.2) is 13.2 Å². The van der Waals surface area contributed by atoms with Crippen molar-refractivity contribution in [2.75, 3.05) is 6.61 Å². The number of hydrogen-bond acceptors (Lipinski definition) is 4. The van der Waals surface area contributed by atoms with E-state index in [9.17, 15) is 13.2 Å². The predicted octanol–water partition coefficient (Wildman–Crippen LogP) is 3.86. The van der Waals surface area contributed by atoms with Gasteiger partial charge in [-0.3, -0.25) is 0 Å². The van der Waals surface area contributed by atoms with E-state index in [1.165, 1.54) is 0 Å². The Morgan fingerprint density at radius 2 is 1.70 bits per heavy atom. The van der Waals surface area contributed by atoms with Crippen molar-refractivity contribution in [2.45, 2.75) is 23.5 Å². The van der Waals surface area contributed by atoms with Crippen LogP contribution in [0.1, 0.15) is 23.7 Å². The minimum absolute atomic E-state index is 0.0602. The Morgan fingerprint density at radius 3 is 2.30 bits per heavy atom. The first-order chi connectivity index (χ1) is 10.9. The maximum absolute atomic E-state index is 12.4. The average molecular weight is 397 g/mol. The third-order valence-electron chi connectivity index (χ3n) is 3.44. The third-order valence-corrected chi connectivity index (χ3v) is 6.19. The van der Waals surface area contributed by atoms with Crippen LogP contribution in [-0.2, 0) is 14.6 Å². The van der Waals surface area contributed by atoms with Crippen molar-refractivity contribution in [3.63, 3.8) is 0 Å². The smallest absolute Gasteiger partial charge is 0.338 e. The van der Waals surface area contributed by atoms with Gasteiger partial charge in [-0.1, -0.05) is 34.1 Å². The standard InChI is InChI=1S/C17H17BrO4S/c1-13(23(20,21)16-9-7-15(18)8-10-16)11-12-22-17(19)14-5-3-2-4-6-14/h2-10,13H,11-12H2,1H3. The van der Waals surface area contributed by atoms with Crippen molar-refractivity contribution in [2.24, 2.45) is 0 Å². The Balaban J connectivity index is 1.93. The Morgan fingerprint density at radius 1 is 1.09 bits per heavy atom. The molecule has 0 saturated heterocycles. The summed E-state index contributed by atoms with van der Waals surface area (Å²) >= 11 is 3.28. The fourth-order valence-electron chi connectivity index (χ4n) is 1.99. The van der Waals surface area contributed by atoms with Crippen LogP contribution in [0.3, 0.4) is 0 Å². The molecular weight excluding hydrogens is 380 g/mol. The SMILES string of the molecule is CC(CCOC(=O)c1ccccc1)S(=O)(=O)c1ccc(Br)cc1. The highest BCUT2D eigenvalue weighted by molar-refractivity contribution is 9.10. The molecule has 4 nitrogen and oxygen atoms in total. The highest BCUT2D eigenvalue weighted by Gasteiger charge is 2.23. The van der Waals surface area contributed by atoms with Gasteiger partial charge in [0.15, 0.2) is 9.84 Å². The van der Waals surface area contributed by atoms with Gasteiger partial charge in [0.25, 0.3) is 0 Å². The molecule has 6 heteroatoms. The summed E-state index contributed by atoms with van der Waals surface area (Å²) in [4.78, 5) is 12.1.